The van der Waals surface area contributed by atoms with Crippen LogP contribution in [0.3, 0.4) is 0 Å². The molecule has 3 atom stereocenters. The first-order valence-corrected chi connectivity index (χ1v) is 6.17. The largest absolute Gasteiger partial charge is 0.445 e. The molecule has 1 saturated heterocycles. The van der Waals surface area contributed by atoms with Crippen LogP contribution >= 0.6 is 0 Å². The lowest BCUT2D eigenvalue weighted by Crippen LogP contribution is -2.38. The summed E-state index contributed by atoms with van der Waals surface area (Å²) in [5.41, 5.74) is -0.0460. The fraction of sp³-hybridized carbons (Fsp3) is 0.923. The minimum Gasteiger partial charge on any atom is -0.445 e. The molecule has 1 rings (SSSR count). The highest BCUT2D eigenvalue weighted by molar-refractivity contribution is 5.74. The van der Waals surface area contributed by atoms with E-state index in [9.17, 15) is 4.79 Å². The quantitative estimate of drug-likeness (QED) is 0.592. The summed E-state index contributed by atoms with van der Waals surface area (Å²) in [6.45, 7) is 13.6. The fourth-order valence-electron chi connectivity index (χ4n) is 2.09. The molecule has 1 aliphatic rings. The minimum atomic E-state index is -0.0521. The van der Waals surface area contributed by atoms with Crippen LogP contribution in [0.2, 0.25) is 0 Å². The lowest BCUT2D eigenvalue weighted by molar-refractivity contribution is -0.157. The first kappa shape index (κ1) is 13.5. The van der Waals surface area contributed by atoms with Crippen LogP contribution in [0, 0.1) is 23.2 Å². The Morgan fingerprint density at radius 3 is 2.12 bits per heavy atom. The molecule has 0 saturated carbocycles. The summed E-state index contributed by atoms with van der Waals surface area (Å²) < 4.78 is 5.37. The smallest absolute Gasteiger partial charge is 0.311 e. The van der Waals surface area contributed by atoms with Gasteiger partial charge in [-0.15, -0.1) is 0 Å². The Morgan fingerprint density at radius 1 is 1.31 bits per heavy atom. The maximum atomic E-state index is 12.1. The van der Waals surface area contributed by atoms with E-state index in [2.05, 4.69) is 46.9 Å². The van der Waals surface area contributed by atoms with Crippen molar-refractivity contribution in [2.75, 3.05) is 6.54 Å². The second kappa shape index (κ2) is 4.74. The van der Waals surface area contributed by atoms with Gasteiger partial charge in [0, 0.05) is 6.54 Å². The van der Waals surface area contributed by atoms with Gasteiger partial charge in [-0.2, -0.15) is 0 Å². The van der Waals surface area contributed by atoms with Crippen molar-refractivity contribution in [3.63, 3.8) is 0 Å². The normalized spacial score (nSPS) is 24.1. The van der Waals surface area contributed by atoms with Crippen molar-refractivity contribution in [2.45, 2.75) is 47.8 Å². The fourth-order valence-corrected chi connectivity index (χ4v) is 2.09. The maximum absolute atomic E-state index is 12.1. The van der Waals surface area contributed by atoms with E-state index in [1.54, 1.807) is 0 Å². The van der Waals surface area contributed by atoms with E-state index >= 15 is 0 Å². The van der Waals surface area contributed by atoms with Gasteiger partial charge in [-0.25, -0.2) is 0 Å². The van der Waals surface area contributed by atoms with Crippen molar-refractivity contribution in [1.82, 2.24) is 5.32 Å². The molecule has 0 amide bonds. The van der Waals surface area contributed by atoms with Crippen LogP contribution in [0.25, 0.3) is 0 Å². The summed E-state index contributed by atoms with van der Waals surface area (Å²) in [5.74, 6) is 0.744. The van der Waals surface area contributed by atoms with Crippen LogP contribution in [0.5, 0.6) is 0 Å². The predicted molar refractivity (Wildman–Crippen MR) is 64.8 cm³/mol. The van der Waals surface area contributed by atoms with E-state index in [1.165, 1.54) is 0 Å². The summed E-state index contributed by atoms with van der Waals surface area (Å²) in [4.78, 5) is 12.1. The second-order valence-electron chi connectivity index (χ2n) is 6.28. The zero-order valence-corrected chi connectivity index (χ0v) is 11.3. The Hall–Kier alpha value is -0.570. The van der Waals surface area contributed by atoms with Gasteiger partial charge in [0.2, 0.25) is 0 Å². The van der Waals surface area contributed by atoms with Crippen LogP contribution in [-0.2, 0) is 9.53 Å². The predicted octanol–water partition coefficient (Wildman–Crippen LogP) is 2.41. The number of hydrogen-bond acceptors (Lipinski definition) is 3. The molecule has 0 aromatic carbocycles. The summed E-state index contributed by atoms with van der Waals surface area (Å²) in [6, 6.07) is 0. The number of nitrogens with one attached hydrogen (secondary N) is 1. The van der Waals surface area contributed by atoms with Gasteiger partial charge in [0.15, 0.2) is 6.23 Å². The van der Waals surface area contributed by atoms with E-state index in [0.29, 0.717) is 11.8 Å². The molecular weight excluding hydrogens is 202 g/mol. The van der Waals surface area contributed by atoms with Crippen molar-refractivity contribution in [3.05, 3.63) is 0 Å². The second-order valence-corrected chi connectivity index (χ2v) is 6.28. The van der Waals surface area contributed by atoms with Crippen molar-refractivity contribution in [2.24, 2.45) is 23.2 Å². The molecule has 3 heteroatoms. The van der Waals surface area contributed by atoms with Crippen molar-refractivity contribution >= 4 is 5.97 Å². The highest BCUT2D eigenvalue weighted by Crippen LogP contribution is 2.37. The summed E-state index contributed by atoms with van der Waals surface area (Å²) in [7, 11) is 0. The number of carbonyl (C=O) groups excluding carboxylic acids is 1. The monoisotopic (exact) mass is 227 g/mol. The van der Waals surface area contributed by atoms with Gasteiger partial charge in [-0.1, -0.05) is 41.5 Å². The lowest BCUT2D eigenvalue weighted by atomic mass is 9.70. The third-order valence-electron chi connectivity index (χ3n) is 3.39. The average Bonchev–Trinajstić information content (AvgIpc) is 2.85. The molecular formula is C13H25NO2. The van der Waals surface area contributed by atoms with Crippen molar-refractivity contribution in [1.29, 1.82) is 0 Å². The molecule has 16 heavy (non-hydrogen) atoms. The minimum absolute atomic E-state index is 0.0308. The molecule has 1 N–H and O–H groups in total. The number of rotatable bonds is 4. The Morgan fingerprint density at radius 2 is 1.81 bits per heavy atom. The molecule has 3 unspecified atom stereocenters. The molecule has 0 spiro atoms. The Bertz CT molecular complexity index is 251. The zero-order valence-electron chi connectivity index (χ0n) is 11.3. The molecule has 1 aliphatic heterocycles. The van der Waals surface area contributed by atoms with E-state index in [1.807, 2.05) is 0 Å². The Kier molecular flexibility index (Phi) is 4.00. The van der Waals surface area contributed by atoms with Gasteiger partial charge in [0.25, 0.3) is 0 Å². The van der Waals surface area contributed by atoms with E-state index in [4.69, 9.17) is 4.74 Å². The van der Waals surface area contributed by atoms with Gasteiger partial charge < -0.3 is 4.74 Å². The number of ether oxygens (including phenoxy) is 1. The number of esters is 1. The van der Waals surface area contributed by atoms with Gasteiger partial charge in [-0.05, 0) is 17.3 Å². The SMILES string of the molecule is CC(C)C(C)C(C(=O)OC1CN1)C(C)(C)C. The topological polar surface area (TPSA) is 48.2 Å². The molecule has 0 aliphatic carbocycles. The van der Waals surface area contributed by atoms with Crippen LogP contribution in [0.15, 0.2) is 0 Å². The molecule has 0 aromatic rings. The van der Waals surface area contributed by atoms with Gasteiger partial charge in [0.05, 0.1) is 5.92 Å². The van der Waals surface area contributed by atoms with Crippen molar-refractivity contribution in [3.8, 4) is 0 Å². The molecule has 1 heterocycles. The molecule has 0 bridgehead atoms. The Labute approximate surface area is 98.9 Å². The van der Waals surface area contributed by atoms with Gasteiger partial charge in [0.1, 0.15) is 0 Å². The molecule has 94 valence electrons. The maximum Gasteiger partial charge on any atom is 0.311 e. The third kappa shape index (κ3) is 3.48. The summed E-state index contributed by atoms with van der Waals surface area (Å²) in [6.07, 6.45) is -0.0308. The number of hydrogen-bond donors (Lipinski definition) is 1. The van der Waals surface area contributed by atoms with Crippen molar-refractivity contribution < 1.29 is 9.53 Å². The van der Waals surface area contributed by atoms with Crippen LogP contribution < -0.4 is 5.32 Å². The van der Waals surface area contributed by atoms with Crippen LogP contribution in [0.4, 0.5) is 0 Å². The third-order valence-corrected chi connectivity index (χ3v) is 3.39. The van der Waals surface area contributed by atoms with E-state index < -0.39 is 0 Å². The highest BCUT2D eigenvalue weighted by Gasteiger charge is 2.40. The summed E-state index contributed by atoms with van der Waals surface area (Å²) in [5, 5.41) is 3.00. The zero-order chi connectivity index (χ0) is 12.5. The van der Waals surface area contributed by atoms with E-state index in [0.717, 1.165) is 6.54 Å². The molecule has 0 aromatic heterocycles. The van der Waals surface area contributed by atoms with E-state index in [-0.39, 0.29) is 23.5 Å². The van der Waals surface area contributed by atoms with Gasteiger partial charge >= 0.3 is 5.97 Å². The van der Waals surface area contributed by atoms with Crippen LogP contribution in [0.1, 0.15) is 41.5 Å². The average molecular weight is 227 g/mol. The summed E-state index contributed by atoms with van der Waals surface area (Å²) >= 11 is 0. The number of carbonyl (C=O) groups is 1. The Balaban J connectivity index is 2.73. The van der Waals surface area contributed by atoms with Crippen LogP contribution in [-0.4, -0.2) is 18.7 Å². The lowest BCUT2D eigenvalue weighted by Gasteiger charge is -2.35. The molecule has 0 radical (unpaired) electrons. The first-order valence-electron chi connectivity index (χ1n) is 6.17. The first-order chi connectivity index (χ1) is 7.23. The molecule has 1 fully saturated rings. The van der Waals surface area contributed by atoms with Gasteiger partial charge in [-0.3, -0.25) is 10.1 Å². The standard InChI is InChI=1S/C13H25NO2/c1-8(2)9(3)11(13(4,5)6)12(15)16-10-7-14-10/h8-11,14H,7H2,1-6H3. The molecule has 3 nitrogen and oxygen atoms in total. The highest BCUT2D eigenvalue weighted by atomic mass is 16.6.